The summed E-state index contributed by atoms with van der Waals surface area (Å²) in [6.07, 6.45) is 0. The molecule has 0 radical (unpaired) electrons. The van der Waals surface area contributed by atoms with E-state index in [0.29, 0.717) is 11.1 Å². The lowest BCUT2D eigenvalue weighted by Crippen LogP contribution is -2.41. The van der Waals surface area contributed by atoms with E-state index in [9.17, 15) is 9.59 Å². The first-order valence-electron chi connectivity index (χ1n) is 6.00. The molecule has 5 heteroatoms. The zero-order valence-electron chi connectivity index (χ0n) is 10.8. The summed E-state index contributed by atoms with van der Waals surface area (Å²) in [6.45, 7) is 1.84. The van der Waals surface area contributed by atoms with Crippen LogP contribution in [0, 0.1) is 10.5 Å². The molecular formula is C15H13IN2O2. The lowest BCUT2D eigenvalue weighted by molar-refractivity contribution is 0.0846. The Hall–Kier alpha value is -1.89. The molecule has 0 aliphatic heterocycles. The monoisotopic (exact) mass is 380 g/mol. The zero-order valence-corrected chi connectivity index (χ0v) is 13.0. The molecule has 0 spiro atoms. The molecule has 4 nitrogen and oxygen atoms in total. The maximum Gasteiger partial charge on any atom is 0.269 e. The van der Waals surface area contributed by atoms with Crippen LogP contribution in [0.2, 0.25) is 0 Å². The number of hydrogen-bond acceptors (Lipinski definition) is 2. The van der Waals surface area contributed by atoms with Crippen LogP contribution in [0.25, 0.3) is 0 Å². The number of hydrazine groups is 1. The summed E-state index contributed by atoms with van der Waals surface area (Å²) >= 11 is 2.13. The van der Waals surface area contributed by atoms with Gasteiger partial charge >= 0.3 is 0 Å². The first-order valence-corrected chi connectivity index (χ1v) is 7.07. The Bertz CT molecular complexity index is 656. The fourth-order valence-electron chi connectivity index (χ4n) is 1.71. The van der Waals surface area contributed by atoms with E-state index in [4.69, 9.17) is 0 Å². The van der Waals surface area contributed by atoms with Gasteiger partial charge in [0.2, 0.25) is 0 Å². The predicted octanol–water partition coefficient (Wildman–Crippen LogP) is 2.67. The van der Waals surface area contributed by atoms with E-state index in [1.54, 1.807) is 30.3 Å². The average molecular weight is 380 g/mol. The van der Waals surface area contributed by atoms with Crippen LogP contribution < -0.4 is 10.9 Å². The minimum absolute atomic E-state index is 0.331. The van der Waals surface area contributed by atoms with Crippen molar-refractivity contribution >= 4 is 34.4 Å². The number of benzene rings is 2. The second-order valence-corrected chi connectivity index (χ2v) is 5.48. The highest BCUT2D eigenvalue weighted by Gasteiger charge is 2.10. The molecule has 2 aromatic carbocycles. The van der Waals surface area contributed by atoms with Crippen molar-refractivity contribution in [2.75, 3.05) is 0 Å². The number of halogens is 1. The molecule has 2 N–H and O–H groups in total. The van der Waals surface area contributed by atoms with Crippen LogP contribution in [0.15, 0.2) is 48.5 Å². The summed E-state index contributed by atoms with van der Waals surface area (Å²) in [6, 6.07) is 14.3. The van der Waals surface area contributed by atoms with Crippen molar-refractivity contribution in [3.63, 3.8) is 0 Å². The zero-order chi connectivity index (χ0) is 14.5. The fraction of sp³-hybridized carbons (Fsp3) is 0.0667. The summed E-state index contributed by atoms with van der Waals surface area (Å²) in [5.41, 5.74) is 6.72. The average Bonchev–Trinajstić information content (AvgIpc) is 2.45. The van der Waals surface area contributed by atoms with E-state index < -0.39 is 0 Å². The number of carbonyl (C=O) groups is 2. The minimum Gasteiger partial charge on any atom is -0.267 e. The van der Waals surface area contributed by atoms with Gasteiger partial charge in [0.25, 0.3) is 11.8 Å². The molecule has 0 aliphatic carbocycles. The molecule has 0 aromatic heterocycles. The molecule has 0 unspecified atom stereocenters. The second-order valence-electron chi connectivity index (χ2n) is 4.23. The summed E-state index contributed by atoms with van der Waals surface area (Å²) in [7, 11) is 0. The number of nitrogens with one attached hydrogen (secondary N) is 2. The van der Waals surface area contributed by atoms with Crippen molar-refractivity contribution in [1.82, 2.24) is 10.9 Å². The van der Waals surface area contributed by atoms with Crippen LogP contribution >= 0.6 is 22.6 Å². The third kappa shape index (κ3) is 3.57. The Morgan fingerprint density at radius 2 is 1.65 bits per heavy atom. The first kappa shape index (κ1) is 14.5. The molecule has 0 saturated carbocycles. The molecule has 20 heavy (non-hydrogen) atoms. The highest BCUT2D eigenvalue weighted by atomic mass is 127. The largest absolute Gasteiger partial charge is 0.269 e. The van der Waals surface area contributed by atoms with Gasteiger partial charge in [-0.2, -0.15) is 0 Å². The quantitative estimate of drug-likeness (QED) is 0.622. The third-order valence-electron chi connectivity index (χ3n) is 2.77. The maximum atomic E-state index is 11.9. The number of aryl methyl sites for hydroxylation is 1. The molecule has 0 saturated heterocycles. The molecule has 0 heterocycles. The Kier molecular flexibility index (Phi) is 4.73. The van der Waals surface area contributed by atoms with E-state index in [1.807, 2.05) is 25.1 Å². The number of amides is 2. The van der Waals surface area contributed by atoms with Crippen LogP contribution in [0.3, 0.4) is 0 Å². The van der Waals surface area contributed by atoms with Crippen molar-refractivity contribution < 1.29 is 9.59 Å². The summed E-state index contributed by atoms with van der Waals surface area (Å²) in [4.78, 5) is 23.8. The fourth-order valence-corrected chi connectivity index (χ4v) is 2.25. The van der Waals surface area contributed by atoms with Gasteiger partial charge in [-0.05, 0) is 59.3 Å². The molecule has 0 atom stereocenters. The molecule has 2 amide bonds. The van der Waals surface area contributed by atoms with E-state index in [2.05, 4.69) is 33.4 Å². The van der Waals surface area contributed by atoms with Crippen LogP contribution in [0.4, 0.5) is 0 Å². The molecule has 2 aromatic rings. The second kappa shape index (κ2) is 6.51. The highest BCUT2D eigenvalue weighted by molar-refractivity contribution is 14.1. The Morgan fingerprint density at radius 3 is 2.35 bits per heavy atom. The topological polar surface area (TPSA) is 58.2 Å². The van der Waals surface area contributed by atoms with E-state index >= 15 is 0 Å². The first-order chi connectivity index (χ1) is 9.58. The maximum absolute atomic E-state index is 11.9. The SMILES string of the molecule is Cc1ccccc1C(=O)NNC(=O)c1cccc(I)c1. The molecule has 0 aliphatic rings. The van der Waals surface area contributed by atoms with E-state index in [0.717, 1.165) is 9.13 Å². The molecule has 0 fully saturated rings. The Balaban J connectivity index is 2.01. The van der Waals surface area contributed by atoms with Crippen LogP contribution in [-0.2, 0) is 0 Å². The smallest absolute Gasteiger partial charge is 0.267 e. The van der Waals surface area contributed by atoms with Crippen molar-refractivity contribution in [3.8, 4) is 0 Å². The van der Waals surface area contributed by atoms with Gasteiger partial charge in [0.05, 0.1) is 0 Å². The van der Waals surface area contributed by atoms with Gasteiger partial charge in [0.1, 0.15) is 0 Å². The van der Waals surface area contributed by atoms with Gasteiger partial charge in [-0.25, -0.2) is 0 Å². The molecule has 102 valence electrons. The van der Waals surface area contributed by atoms with Gasteiger partial charge in [0.15, 0.2) is 0 Å². The lowest BCUT2D eigenvalue weighted by atomic mass is 10.1. The molecular weight excluding hydrogens is 367 g/mol. The third-order valence-corrected chi connectivity index (χ3v) is 3.44. The molecule has 0 bridgehead atoms. The predicted molar refractivity (Wildman–Crippen MR) is 85.3 cm³/mol. The number of hydrogen-bond donors (Lipinski definition) is 2. The Labute approximate surface area is 130 Å². The normalized spacial score (nSPS) is 9.90. The van der Waals surface area contributed by atoms with Gasteiger partial charge < -0.3 is 0 Å². The Morgan fingerprint density at radius 1 is 0.950 bits per heavy atom. The van der Waals surface area contributed by atoms with E-state index in [-0.39, 0.29) is 11.8 Å². The standard InChI is InChI=1S/C15H13IN2O2/c1-10-5-2-3-8-13(10)15(20)18-17-14(19)11-6-4-7-12(16)9-11/h2-9H,1H3,(H,17,19)(H,18,20). The van der Waals surface area contributed by atoms with Crippen LogP contribution in [-0.4, -0.2) is 11.8 Å². The number of carbonyl (C=O) groups excluding carboxylic acids is 2. The van der Waals surface area contributed by atoms with E-state index in [1.165, 1.54) is 0 Å². The van der Waals surface area contributed by atoms with Gasteiger partial charge in [-0.15, -0.1) is 0 Å². The lowest BCUT2D eigenvalue weighted by Gasteiger charge is -2.09. The van der Waals surface area contributed by atoms with Gasteiger partial charge in [0, 0.05) is 14.7 Å². The van der Waals surface area contributed by atoms with Crippen molar-refractivity contribution in [3.05, 3.63) is 68.8 Å². The summed E-state index contributed by atoms with van der Waals surface area (Å²) in [5.74, 6) is -0.674. The minimum atomic E-state index is -0.342. The van der Waals surface area contributed by atoms with Crippen LogP contribution in [0.1, 0.15) is 26.3 Å². The van der Waals surface area contributed by atoms with Gasteiger partial charge in [-0.3, -0.25) is 20.4 Å². The molecule has 2 rings (SSSR count). The van der Waals surface area contributed by atoms with Crippen molar-refractivity contribution in [2.45, 2.75) is 6.92 Å². The van der Waals surface area contributed by atoms with Crippen molar-refractivity contribution in [2.24, 2.45) is 0 Å². The van der Waals surface area contributed by atoms with Crippen LogP contribution in [0.5, 0.6) is 0 Å². The van der Waals surface area contributed by atoms with Crippen molar-refractivity contribution in [1.29, 1.82) is 0 Å². The highest BCUT2D eigenvalue weighted by Crippen LogP contribution is 2.08. The summed E-state index contributed by atoms with van der Waals surface area (Å²) in [5, 5.41) is 0. The van der Waals surface area contributed by atoms with Gasteiger partial charge in [-0.1, -0.05) is 24.3 Å². The summed E-state index contributed by atoms with van der Waals surface area (Å²) < 4.78 is 0.959. The number of rotatable bonds is 2.